The number of para-hydroxylation sites is 1. The molecule has 0 atom stereocenters. The smallest absolute Gasteiger partial charge is 0.307 e. The number of amides is 2. The van der Waals surface area contributed by atoms with Gasteiger partial charge in [0.05, 0.1) is 6.21 Å². The summed E-state index contributed by atoms with van der Waals surface area (Å²) in [6, 6.07) is 15.6. The van der Waals surface area contributed by atoms with Crippen LogP contribution in [-0.4, -0.2) is 18.0 Å². The minimum Gasteiger partial charge on any atom is -0.307 e. The Hall–Kier alpha value is -2.95. The Morgan fingerprint density at radius 1 is 1.00 bits per heavy atom. The van der Waals surface area contributed by atoms with E-state index in [1.807, 2.05) is 25.1 Å². The van der Waals surface area contributed by atoms with Gasteiger partial charge in [0.1, 0.15) is 0 Å². The van der Waals surface area contributed by atoms with Crippen LogP contribution in [0.5, 0.6) is 0 Å². The summed E-state index contributed by atoms with van der Waals surface area (Å²) in [6.45, 7) is 1.94. The number of nitrogens with zero attached hydrogens (tertiary/aromatic N) is 1. The number of Topliss-reactive ketones (excluding diaryl/α,β-unsaturated/α-hetero) is 1. The standard InChI is InChI=1S/C16H15N3O2/c1-12-7-9-13(10-8-12)15(20)11-17-19-16(21)18-14-5-3-2-4-6-14/h2-11H,1H3,(H2,18,19,21)/b17-11+. The van der Waals surface area contributed by atoms with Crippen LogP contribution in [0.3, 0.4) is 0 Å². The van der Waals surface area contributed by atoms with Gasteiger partial charge in [-0.25, -0.2) is 10.2 Å². The number of urea groups is 1. The van der Waals surface area contributed by atoms with Crippen molar-refractivity contribution in [2.24, 2.45) is 5.10 Å². The largest absolute Gasteiger partial charge is 0.339 e. The Bertz CT molecular complexity index is 649. The van der Waals surface area contributed by atoms with Gasteiger partial charge in [0.15, 0.2) is 0 Å². The molecule has 0 aromatic heterocycles. The van der Waals surface area contributed by atoms with Gasteiger partial charge in [0.25, 0.3) is 0 Å². The van der Waals surface area contributed by atoms with Gasteiger partial charge in [-0.2, -0.15) is 5.10 Å². The Morgan fingerprint density at radius 2 is 1.67 bits per heavy atom. The first-order valence-electron chi connectivity index (χ1n) is 6.41. The number of hydrazone groups is 1. The van der Waals surface area contributed by atoms with E-state index in [4.69, 9.17) is 0 Å². The Balaban J connectivity index is 1.86. The van der Waals surface area contributed by atoms with Crippen molar-refractivity contribution in [1.82, 2.24) is 5.43 Å². The van der Waals surface area contributed by atoms with Crippen molar-refractivity contribution < 1.29 is 9.59 Å². The lowest BCUT2D eigenvalue weighted by molar-refractivity contribution is 0.107. The second-order valence-corrected chi connectivity index (χ2v) is 4.42. The molecule has 2 aromatic rings. The molecule has 0 aliphatic carbocycles. The first-order valence-corrected chi connectivity index (χ1v) is 6.41. The van der Waals surface area contributed by atoms with Gasteiger partial charge in [0.2, 0.25) is 5.78 Å². The summed E-state index contributed by atoms with van der Waals surface area (Å²) in [7, 11) is 0. The van der Waals surface area contributed by atoms with E-state index in [0.29, 0.717) is 11.3 Å². The maximum absolute atomic E-state index is 11.8. The molecule has 21 heavy (non-hydrogen) atoms. The van der Waals surface area contributed by atoms with E-state index < -0.39 is 6.03 Å². The molecule has 0 unspecified atom stereocenters. The molecule has 2 rings (SSSR count). The number of hydrogen-bond acceptors (Lipinski definition) is 3. The van der Waals surface area contributed by atoms with Crippen molar-refractivity contribution in [1.29, 1.82) is 0 Å². The monoisotopic (exact) mass is 281 g/mol. The highest BCUT2D eigenvalue weighted by Crippen LogP contribution is 2.04. The van der Waals surface area contributed by atoms with Crippen molar-refractivity contribution in [2.45, 2.75) is 6.92 Å². The Morgan fingerprint density at radius 3 is 2.33 bits per heavy atom. The first-order chi connectivity index (χ1) is 10.1. The predicted molar refractivity (Wildman–Crippen MR) is 82.6 cm³/mol. The second kappa shape index (κ2) is 7.00. The van der Waals surface area contributed by atoms with E-state index >= 15 is 0 Å². The highest BCUT2D eigenvalue weighted by Gasteiger charge is 2.02. The highest BCUT2D eigenvalue weighted by atomic mass is 16.2. The van der Waals surface area contributed by atoms with Crippen LogP contribution in [0.25, 0.3) is 0 Å². The van der Waals surface area contributed by atoms with Crippen molar-refractivity contribution in [3.63, 3.8) is 0 Å². The molecule has 2 N–H and O–H groups in total. The third kappa shape index (κ3) is 4.58. The van der Waals surface area contributed by atoms with Crippen LogP contribution < -0.4 is 10.7 Å². The third-order valence-electron chi connectivity index (χ3n) is 2.72. The maximum Gasteiger partial charge on any atom is 0.339 e. The molecule has 0 saturated carbocycles. The molecule has 0 bridgehead atoms. The molecule has 0 heterocycles. The number of aryl methyl sites for hydroxylation is 1. The van der Waals surface area contributed by atoms with E-state index in [9.17, 15) is 9.59 Å². The quantitative estimate of drug-likeness (QED) is 0.514. The van der Waals surface area contributed by atoms with Gasteiger partial charge in [-0.05, 0) is 19.1 Å². The van der Waals surface area contributed by atoms with Gasteiger partial charge in [-0.1, -0.05) is 48.0 Å². The molecule has 0 radical (unpaired) electrons. The van der Waals surface area contributed by atoms with Crippen LogP contribution in [-0.2, 0) is 0 Å². The van der Waals surface area contributed by atoms with Crippen LogP contribution >= 0.6 is 0 Å². The van der Waals surface area contributed by atoms with Crippen LogP contribution in [0.2, 0.25) is 0 Å². The summed E-state index contributed by atoms with van der Waals surface area (Å²) in [5.41, 5.74) is 4.49. The number of nitrogens with one attached hydrogen (secondary N) is 2. The zero-order valence-electron chi connectivity index (χ0n) is 11.5. The van der Waals surface area contributed by atoms with E-state index in [1.54, 1.807) is 36.4 Å². The second-order valence-electron chi connectivity index (χ2n) is 4.42. The average Bonchev–Trinajstić information content (AvgIpc) is 2.49. The summed E-state index contributed by atoms with van der Waals surface area (Å²) in [5, 5.41) is 6.22. The third-order valence-corrected chi connectivity index (χ3v) is 2.72. The van der Waals surface area contributed by atoms with Gasteiger partial charge in [-0.3, -0.25) is 4.79 Å². The molecule has 5 heteroatoms. The molecule has 2 amide bonds. The van der Waals surface area contributed by atoms with E-state index in [-0.39, 0.29) is 5.78 Å². The summed E-state index contributed by atoms with van der Waals surface area (Å²) in [6.07, 6.45) is 1.08. The van der Waals surface area contributed by atoms with Crippen LogP contribution in [0.4, 0.5) is 10.5 Å². The molecule has 106 valence electrons. The maximum atomic E-state index is 11.8. The minimum absolute atomic E-state index is 0.269. The number of hydrogen-bond donors (Lipinski definition) is 2. The number of ketones is 1. The van der Waals surface area contributed by atoms with E-state index in [0.717, 1.165) is 11.8 Å². The van der Waals surface area contributed by atoms with Crippen LogP contribution in [0.15, 0.2) is 59.7 Å². The molecule has 0 fully saturated rings. The zero-order chi connectivity index (χ0) is 15.1. The lowest BCUT2D eigenvalue weighted by Crippen LogP contribution is -2.24. The molecule has 2 aromatic carbocycles. The van der Waals surface area contributed by atoms with Crippen molar-refractivity contribution in [3.05, 3.63) is 65.7 Å². The summed E-state index contributed by atoms with van der Waals surface area (Å²) < 4.78 is 0. The fourth-order valence-electron chi connectivity index (χ4n) is 1.62. The number of benzene rings is 2. The minimum atomic E-state index is -0.505. The number of carbonyl (C=O) groups excluding carboxylic acids is 2. The summed E-state index contributed by atoms with van der Waals surface area (Å²) in [4.78, 5) is 23.3. The van der Waals surface area contributed by atoms with Gasteiger partial charge in [0, 0.05) is 11.3 Å². The van der Waals surface area contributed by atoms with Crippen molar-refractivity contribution in [3.8, 4) is 0 Å². The van der Waals surface area contributed by atoms with Gasteiger partial charge in [-0.15, -0.1) is 0 Å². The molecule has 0 aliphatic rings. The SMILES string of the molecule is Cc1ccc(C(=O)/C=N/NC(=O)Nc2ccccc2)cc1. The predicted octanol–water partition coefficient (Wildman–Crippen LogP) is 2.99. The Labute approximate surface area is 122 Å². The molecule has 0 spiro atoms. The van der Waals surface area contributed by atoms with Crippen molar-refractivity contribution >= 4 is 23.7 Å². The van der Waals surface area contributed by atoms with Crippen molar-refractivity contribution in [2.75, 3.05) is 5.32 Å². The fourth-order valence-corrected chi connectivity index (χ4v) is 1.62. The topological polar surface area (TPSA) is 70.6 Å². The summed E-state index contributed by atoms with van der Waals surface area (Å²) in [5.74, 6) is -0.269. The molecule has 0 saturated heterocycles. The molecule has 0 aliphatic heterocycles. The molecular formula is C16H15N3O2. The Kier molecular flexibility index (Phi) is 4.82. The number of carbonyl (C=O) groups is 2. The van der Waals surface area contributed by atoms with E-state index in [2.05, 4.69) is 15.8 Å². The van der Waals surface area contributed by atoms with Crippen LogP contribution in [0, 0.1) is 6.92 Å². The van der Waals surface area contributed by atoms with Gasteiger partial charge >= 0.3 is 6.03 Å². The lowest BCUT2D eigenvalue weighted by Gasteiger charge is -2.03. The fraction of sp³-hybridized carbons (Fsp3) is 0.0625. The molecule has 5 nitrogen and oxygen atoms in total. The van der Waals surface area contributed by atoms with Crippen LogP contribution in [0.1, 0.15) is 15.9 Å². The highest BCUT2D eigenvalue weighted by molar-refractivity contribution is 6.35. The first kappa shape index (κ1) is 14.5. The lowest BCUT2D eigenvalue weighted by atomic mass is 10.1. The zero-order valence-corrected chi connectivity index (χ0v) is 11.5. The average molecular weight is 281 g/mol. The van der Waals surface area contributed by atoms with Gasteiger partial charge < -0.3 is 5.32 Å². The molecular weight excluding hydrogens is 266 g/mol. The normalized spacial score (nSPS) is 10.3. The number of anilines is 1. The number of rotatable bonds is 4. The summed E-state index contributed by atoms with van der Waals surface area (Å²) >= 11 is 0. The van der Waals surface area contributed by atoms with E-state index in [1.165, 1.54) is 0 Å².